The number of benzene rings is 1. The summed E-state index contributed by atoms with van der Waals surface area (Å²) in [7, 11) is 5.26. The van der Waals surface area contributed by atoms with E-state index in [1.807, 2.05) is 52.0 Å². The van der Waals surface area contributed by atoms with Gasteiger partial charge in [0.25, 0.3) is 5.91 Å². The first-order valence-electron chi connectivity index (χ1n) is 16.1. The fourth-order valence-electron chi connectivity index (χ4n) is 6.03. The lowest BCUT2D eigenvalue weighted by atomic mass is 9.80. The first-order chi connectivity index (χ1) is 22.1. The van der Waals surface area contributed by atoms with Gasteiger partial charge in [-0.15, -0.1) is 11.3 Å². The number of fused-ring (bicyclic) bond motifs is 1. The van der Waals surface area contributed by atoms with Gasteiger partial charge in [-0.2, -0.15) is 0 Å². The van der Waals surface area contributed by atoms with Crippen LogP contribution in [-0.2, 0) is 30.3 Å². The van der Waals surface area contributed by atoms with E-state index in [0.717, 1.165) is 11.1 Å². The Bertz CT molecular complexity index is 1430. The average molecular weight is 672 g/mol. The number of carbonyl (C=O) groups is 5. The minimum atomic E-state index is -0.939. The van der Waals surface area contributed by atoms with Gasteiger partial charge in [-0.05, 0) is 49.9 Å². The summed E-state index contributed by atoms with van der Waals surface area (Å²) < 4.78 is 5.71. The van der Waals surface area contributed by atoms with Crippen molar-refractivity contribution >= 4 is 41.0 Å². The maximum Gasteiger partial charge on any atom is 0.311 e. The van der Waals surface area contributed by atoms with Crippen LogP contribution in [0.2, 0.25) is 0 Å². The number of carboxylic acids is 1. The number of aliphatic carboxylic acids is 1. The molecule has 1 aromatic carbocycles. The molecule has 0 spiro atoms. The van der Waals surface area contributed by atoms with Crippen LogP contribution in [0.3, 0.4) is 0 Å². The van der Waals surface area contributed by atoms with E-state index in [-0.39, 0.29) is 54.8 Å². The highest BCUT2D eigenvalue weighted by Crippen LogP contribution is 2.33. The number of hydrogen-bond donors (Lipinski definition) is 3. The van der Waals surface area contributed by atoms with Crippen molar-refractivity contribution in [3.05, 3.63) is 51.5 Å². The summed E-state index contributed by atoms with van der Waals surface area (Å²) in [5.74, 6) is -3.27. The van der Waals surface area contributed by atoms with Crippen LogP contribution in [0.25, 0.3) is 0 Å². The Kier molecular flexibility index (Phi) is 13.5. The van der Waals surface area contributed by atoms with Crippen molar-refractivity contribution in [3.8, 4) is 0 Å². The Morgan fingerprint density at radius 3 is 2.38 bits per heavy atom. The van der Waals surface area contributed by atoms with Crippen molar-refractivity contribution in [1.29, 1.82) is 0 Å². The second kappa shape index (κ2) is 16.8. The SMILES string of the molecule is CCC(C)[C@H](NC(=O)CN(C)C)C(=O)N(C)[C@H](C[C@@H](OC(C)=O)c1nc(C(=O)N[C@H]2Cc3ccccc3[C@H](C(=O)O)C2)cs1)C(C)C. The smallest absolute Gasteiger partial charge is 0.311 e. The van der Waals surface area contributed by atoms with E-state index in [2.05, 4.69) is 15.6 Å². The Hall–Kier alpha value is -3.84. The molecule has 0 bridgehead atoms. The molecular weight excluding hydrogens is 622 g/mol. The fourth-order valence-corrected chi connectivity index (χ4v) is 6.87. The maximum absolute atomic E-state index is 13.9. The van der Waals surface area contributed by atoms with Crippen LogP contribution in [0.4, 0.5) is 0 Å². The molecule has 12 nitrogen and oxygen atoms in total. The zero-order valence-electron chi connectivity index (χ0n) is 28.6. The van der Waals surface area contributed by atoms with Crippen LogP contribution in [-0.4, -0.2) is 95.4 Å². The molecule has 3 amide bonds. The van der Waals surface area contributed by atoms with E-state index in [9.17, 15) is 29.1 Å². The first-order valence-corrected chi connectivity index (χ1v) is 17.0. The van der Waals surface area contributed by atoms with Crippen molar-refractivity contribution in [3.63, 3.8) is 0 Å². The van der Waals surface area contributed by atoms with Gasteiger partial charge in [-0.3, -0.25) is 24.0 Å². The molecule has 258 valence electrons. The number of nitrogens with zero attached hydrogens (tertiary/aromatic N) is 3. The van der Waals surface area contributed by atoms with Gasteiger partial charge in [0.05, 0.1) is 12.5 Å². The van der Waals surface area contributed by atoms with Gasteiger partial charge in [0.2, 0.25) is 11.8 Å². The van der Waals surface area contributed by atoms with Crippen molar-refractivity contribution in [2.45, 2.75) is 90.4 Å². The third-order valence-corrected chi connectivity index (χ3v) is 9.65. The minimum absolute atomic E-state index is 0.0452. The molecule has 13 heteroatoms. The molecule has 3 N–H and O–H groups in total. The molecule has 2 aromatic rings. The fraction of sp³-hybridized carbons (Fsp3) is 0.588. The molecule has 1 aromatic heterocycles. The van der Waals surface area contributed by atoms with E-state index in [0.29, 0.717) is 17.8 Å². The highest BCUT2D eigenvalue weighted by molar-refractivity contribution is 7.09. The van der Waals surface area contributed by atoms with Crippen molar-refractivity contribution in [2.75, 3.05) is 27.7 Å². The number of likely N-dealkylation sites (N-methyl/N-ethyl adjacent to an activating group) is 2. The van der Waals surface area contributed by atoms with Crippen molar-refractivity contribution in [1.82, 2.24) is 25.4 Å². The summed E-state index contributed by atoms with van der Waals surface area (Å²) in [5, 5.41) is 17.7. The standard InChI is InChI=1S/C34H49N5O7S/c1-9-20(4)30(37-29(41)17-38(6)7)33(43)39(8)27(19(2)3)16-28(46-21(5)40)32-36-26(18-47-32)31(42)35-23-14-22-12-10-11-13-24(22)25(15-23)34(44)45/h10-13,18-20,23,25,27-28,30H,9,14-17H2,1-8H3,(H,35,42)(H,37,41)(H,44,45)/t20?,23-,25+,27+,28+,30-/m0/s1. The summed E-state index contributed by atoms with van der Waals surface area (Å²) in [4.78, 5) is 71.9. The highest BCUT2D eigenvalue weighted by atomic mass is 32.1. The molecule has 47 heavy (non-hydrogen) atoms. The van der Waals surface area contributed by atoms with Gasteiger partial charge in [-0.25, -0.2) is 4.98 Å². The highest BCUT2D eigenvalue weighted by Gasteiger charge is 2.36. The zero-order valence-corrected chi connectivity index (χ0v) is 29.4. The quantitative estimate of drug-likeness (QED) is 0.241. The Balaban J connectivity index is 1.79. The number of esters is 1. The largest absolute Gasteiger partial charge is 0.481 e. The van der Waals surface area contributed by atoms with Gasteiger partial charge in [0.1, 0.15) is 16.7 Å². The number of amides is 3. The number of aromatic nitrogens is 1. The van der Waals surface area contributed by atoms with Gasteiger partial charge < -0.3 is 30.3 Å². The molecule has 0 radical (unpaired) electrons. The Morgan fingerprint density at radius 1 is 1.11 bits per heavy atom. The minimum Gasteiger partial charge on any atom is -0.481 e. The zero-order chi connectivity index (χ0) is 35.0. The summed E-state index contributed by atoms with van der Waals surface area (Å²) in [6.07, 6.45) is 0.845. The van der Waals surface area contributed by atoms with Gasteiger partial charge in [-0.1, -0.05) is 58.4 Å². The summed E-state index contributed by atoms with van der Waals surface area (Å²) in [6, 6.07) is 5.85. The van der Waals surface area contributed by atoms with Gasteiger partial charge in [0, 0.05) is 37.9 Å². The molecule has 6 atom stereocenters. The number of carboxylic acid groups (broad SMARTS) is 1. The molecule has 1 aliphatic rings. The van der Waals surface area contributed by atoms with Crippen LogP contribution in [0.1, 0.15) is 92.5 Å². The Morgan fingerprint density at radius 2 is 1.79 bits per heavy atom. The van der Waals surface area contributed by atoms with Gasteiger partial charge in [0.15, 0.2) is 6.10 Å². The number of carbonyl (C=O) groups excluding carboxylic acids is 4. The first kappa shape index (κ1) is 37.6. The van der Waals surface area contributed by atoms with Crippen LogP contribution >= 0.6 is 11.3 Å². The van der Waals surface area contributed by atoms with Crippen LogP contribution in [0.5, 0.6) is 0 Å². The summed E-state index contributed by atoms with van der Waals surface area (Å²) >= 11 is 1.18. The van der Waals surface area contributed by atoms with Crippen LogP contribution in [0, 0.1) is 11.8 Å². The normalized spacial score (nSPS) is 18.4. The lowest BCUT2D eigenvalue weighted by Gasteiger charge is -2.37. The van der Waals surface area contributed by atoms with E-state index < -0.39 is 42.0 Å². The molecule has 0 fully saturated rings. The monoisotopic (exact) mass is 671 g/mol. The van der Waals surface area contributed by atoms with Crippen molar-refractivity contribution < 1.29 is 33.8 Å². The number of thiazole rings is 1. The molecule has 0 aliphatic heterocycles. The number of rotatable bonds is 15. The van der Waals surface area contributed by atoms with Crippen LogP contribution in [0.15, 0.2) is 29.6 Å². The molecule has 0 saturated carbocycles. The molecule has 1 heterocycles. The maximum atomic E-state index is 13.9. The predicted molar refractivity (Wildman–Crippen MR) is 179 cm³/mol. The van der Waals surface area contributed by atoms with Gasteiger partial charge >= 0.3 is 11.9 Å². The third-order valence-electron chi connectivity index (χ3n) is 8.71. The molecular formula is C34H49N5O7S. The second-order valence-corrected chi connectivity index (χ2v) is 13.9. The summed E-state index contributed by atoms with van der Waals surface area (Å²) in [6.45, 7) is 9.28. The van der Waals surface area contributed by atoms with E-state index in [1.165, 1.54) is 18.3 Å². The number of nitrogens with one attached hydrogen (secondary N) is 2. The third kappa shape index (κ3) is 10.1. The molecule has 3 rings (SSSR count). The number of hydrogen-bond acceptors (Lipinski definition) is 9. The van der Waals surface area contributed by atoms with Crippen LogP contribution < -0.4 is 10.6 Å². The van der Waals surface area contributed by atoms with Crippen molar-refractivity contribution in [2.24, 2.45) is 11.8 Å². The number of ether oxygens (including phenoxy) is 1. The summed E-state index contributed by atoms with van der Waals surface area (Å²) in [5.41, 5.74) is 1.79. The average Bonchev–Trinajstić information content (AvgIpc) is 3.50. The molecule has 1 unspecified atom stereocenters. The second-order valence-electron chi connectivity index (χ2n) is 13.0. The molecule has 0 saturated heterocycles. The lowest BCUT2D eigenvalue weighted by molar-refractivity contribution is -0.149. The topological polar surface area (TPSA) is 158 Å². The van der Waals surface area contributed by atoms with E-state index >= 15 is 0 Å². The van der Waals surface area contributed by atoms with E-state index in [1.54, 1.807) is 36.3 Å². The molecule has 1 aliphatic carbocycles. The predicted octanol–water partition coefficient (Wildman–Crippen LogP) is 3.63. The van der Waals surface area contributed by atoms with E-state index in [4.69, 9.17) is 4.74 Å². The lowest BCUT2D eigenvalue weighted by Crippen LogP contribution is -2.55. The Labute approximate surface area is 281 Å².